The topological polar surface area (TPSA) is 122 Å². The van der Waals surface area contributed by atoms with E-state index in [-0.39, 0.29) is 35.8 Å². The molecule has 1 aliphatic rings. The average molecular weight is 386 g/mol. The summed E-state index contributed by atoms with van der Waals surface area (Å²) in [6.45, 7) is 0.396. The second-order valence-electron chi connectivity index (χ2n) is 6.20. The van der Waals surface area contributed by atoms with Gasteiger partial charge in [0.2, 0.25) is 10.0 Å². The summed E-state index contributed by atoms with van der Waals surface area (Å²) in [5.41, 5.74) is 0.0959. The number of nitrogens with zero attached hydrogens (tertiary/aromatic N) is 1. The highest BCUT2D eigenvalue weighted by Gasteiger charge is 2.34. The highest BCUT2D eigenvalue weighted by molar-refractivity contribution is 7.89. The molecule has 0 radical (unpaired) electrons. The minimum atomic E-state index is -3.44. The van der Waals surface area contributed by atoms with Crippen LogP contribution in [-0.2, 0) is 19.5 Å². The van der Waals surface area contributed by atoms with Gasteiger partial charge in [-0.05, 0) is 18.2 Å². The molecule has 0 spiro atoms. The van der Waals surface area contributed by atoms with Gasteiger partial charge in [0.05, 0.1) is 37.7 Å². The maximum atomic E-state index is 12.5. The molecule has 1 fully saturated rings. The van der Waals surface area contributed by atoms with Gasteiger partial charge in [0.25, 0.3) is 5.91 Å². The summed E-state index contributed by atoms with van der Waals surface area (Å²) in [5.74, 6) is -2.04. The molecule has 0 bridgehead atoms. The SMILES string of the molecule is COC(=O)c1cc(O)cc(C(=O)N[C@H]2COC[C@H]2CS(=O)(=O)N(C)C)c1. The van der Waals surface area contributed by atoms with Crippen LogP contribution >= 0.6 is 0 Å². The van der Waals surface area contributed by atoms with Crippen LogP contribution in [0.5, 0.6) is 5.75 Å². The molecule has 1 saturated heterocycles. The average Bonchev–Trinajstić information content (AvgIpc) is 2.99. The molecule has 1 amide bonds. The molecule has 26 heavy (non-hydrogen) atoms. The number of phenols is 1. The lowest BCUT2D eigenvalue weighted by Gasteiger charge is -2.21. The van der Waals surface area contributed by atoms with Gasteiger partial charge in [-0.3, -0.25) is 4.79 Å². The molecule has 1 aromatic carbocycles. The lowest BCUT2D eigenvalue weighted by atomic mass is 10.0. The molecule has 2 rings (SSSR count). The first-order valence-corrected chi connectivity index (χ1v) is 9.46. The maximum absolute atomic E-state index is 12.5. The van der Waals surface area contributed by atoms with Crippen molar-refractivity contribution in [3.05, 3.63) is 29.3 Å². The zero-order valence-electron chi connectivity index (χ0n) is 14.8. The van der Waals surface area contributed by atoms with Crippen molar-refractivity contribution >= 4 is 21.9 Å². The van der Waals surface area contributed by atoms with Crippen LogP contribution in [-0.4, -0.2) is 75.9 Å². The number of ether oxygens (including phenoxy) is 2. The summed E-state index contributed by atoms with van der Waals surface area (Å²) in [7, 11) is 0.639. The summed E-state index contributed by atoms with van der Waals surface area (Å²) < 4.78 is 35.1. The number of benzene rings is 1. The first-order chi connectivity index (χ1) is 12.1. The Hall–Kier alpha value is -2.17. The van der Waals surface area contributed by atoms with Crippen LogP contribution in [0.25, 0.3) is 0 Å². The van der Waals surface area contributed by atoms with E-state index in [1.165, 1.54) is 39.4 Å². The molecular formula is C16H22N2O7S. The summed E-state index contributed by atoms with van der Waals surface area (Å²) >= 11 is 0. The minimum absolute atomic E-state index is 0.0343. The normalized spacial score (nSPS) is 20.2. The van der Waals surface area contributed by atoms with Crippen LogP contribution in [0.4, 0.5) is 0 Å². The molecule has 1 aromatic rings. The Morgan fingerprint density at radius 3 is 2.54 bits per heavy atom. The predicted molar refractivity (Wildman–Crippen MR) is 92.5 cm³/mol. The lowest BCUT2D eigenvalue weighted by molar-refractivity contribution is 0.0600. The van der Waals surface area contributed by atoms with Gasteiger partial charge in [0.15, 0.2) is 0 Å². The van der Waals surface area contributed by atoms with E-state index >= 15 is 0 Å². The number of sulfonamides is 1. The number of esters is 1. The van der Waals surface area contributed by atoms with Crippen molar-refractivity contribution in [2.24, 2.45) is 5.92 Å². The fraction of sp³-hybridized carbons (Fsp3) is 0.500. The Kier molecular flexibility index (Phi) is 6.21. The molecule has 0 aliphatic carbocycles. The third-order valence-electron chi connectivity index (χ3n) is 4.10. The molecule has 144 valence electrons. The van der Waals surface area contributed by atoms with E-state index in [9.17, 15) is 23.1 Å². The highest BCUT2D eigenvalue weighted by atomic mass is 32.2. The number of aromatic hydroxyl groups is 1. The number of nitrogens with one attached hydrogen (secondary N) is 1. The standard InChI is InChI=1S/C16H22N2O7S/c1-18(2)26(22,23)9-12-7-25-8-14(12)17-15(20)10-4-11(16(21)24-3)6-13(19)5-10/h4-6,12,14,19H,7-9H2,1-3H3,(H,17,20)/t12-,14-/m0/s1. The highest BCUT2D eigenvalue weighted by Crippen LogP contribution is 2.20. The van der Waals surface area contributed by atoms with E-state index in [1.807, 2.05) is 0 Å². The zero-order chi connectivity index (χ0) is 19.5. The van der Waals surface area contributed by atoms with Crippen LogP contribution in [0.15, 0.2) is 18.2 Å². The van der Waals surface area contributed by atoms with Gasteiger partial charge in [-0.1, -0.05) is 0 Å². The maximum Gasteiger partial charge on any atom is 0.338 e. The fourth-order valence-corrected chi connectivity index (χ4v) is 3.74. The van der Waals surface area contributed by atoms with Crippen molar-refractivity contribution in [1.29, 1.82) is 0 Å². The van der Waals surface area contributed by atoms with Crippen molar-refractivity contribution in [2.45, 2.75) is 6.04 Å². The van der Waals surface area contributed by atoms with Gasteiger partial charge in [0, 0.05) is 25.6 Å². The van der Waals surface area contributed by atoms with E-state index in [2.05, 4.69) is 10.1 Å². The van der Waals surface area contributed by atoms with Gasteiger partial charge in [-0.2, -0.15) is 0 Å². The molecular weight excluding hydrogens is 364 g/mol. The van der Waals surface area contributed by atoms with E-state index in [1.54, 1.807) is 0 Å². The summed E-state index contributed by atoms with van der Waals surface area (Å²) in [4.78, 5) is 24.1. The molecule has 10 heteroatoms. The Labute approximate surface area is 151 Å². The van der Waals surface area contributed by atoms with Crippen molar-refractivity contribution in [3.8, 4) is 5.75 Å². The largest absolute Gasteiger partial charge is 0.508 e. The number of phenolic OH excluding ortho intramolecular Hbond substituents is 1. The van der Waals surface area contributed by atoms with Crippen LogP contribution in [0.1, 0.15) is 20.7 Å². The number of rotatable bonds is 6. The van der Waals surface area contributed by atoms with Crippen molar-refractivity contribution in [3.63, 3.8) is 0 Å². The van der Waals surface area contributed by atoms with Gasteiger partial charge in [-0.25, -0.2) is 17.5 Å². The number of carbonyl (C=O) groups is 2. The Morgan fingerprint density at radius 1 is 1.27 bits per heavy atom. The lowest BCUT2D eigenvalue weighted by Crippen LogP contribution is -2.43. The molecule has 1 heterocycles. The van der Waals surface area contributed by atoms with Crippen molar-refractivity contribution in [1.82, 2.24) is 9.62 Å². The van der Waals surface area contributed by atoms with Crippen LogP contribution in [0, 0.1) is 5.92 Å². The van der Waals surface area contributed by atoms with Gasteiger partial charge in [-0.15, -0.1) is 0 Å². The van der Waals surface area contributed by atoms with E-state index in [0.717, 1.165) is 4.31 Å². The number of carbonyl (C=O) groups excluding carboxylic acids is 2. The summed E-state index contributed by atoms with van der Waals surface area (Å²) in [6, 6.07) is 3.19. The minimum Gasteiger partial charge on any atom is -0.508 e. The molecule has 0 unspecified atom stereocenters. The third-order valence-corrected chi connectivity index (χ3v) is 6.06. The third kappa shape index (κ3) is 4.71. The Balaban J connectivity index is 2.14. The Bertz CT molecular complexity index is 792. The fourth-order valence-electron chi connectivity index (χ4n) is 2.57. The summed E-state index contributed by atoms with van der Waals surface area (Å²) in [6.07, 6.45) is 0. The first kappa shape index (κ1) is 20.1. The van der Waals surface area contributed by atoms with E-state index in [4.69, 9.17) is 4.74 Å². The zero-order valence-corrected chi connectivity index (χ0v) is 15.6. The predicted octanol–water partition coefficient (Wildman–Crippen LogP) is -0.185. The number of hydrogen-bond acceptors (Lipinski definition) is 7. The molecule has 2 atom stereocenters. The quantitative estimate of drug-likeness (QED) is 0.650. The van der Waals surface area contributed by atoms with Gasteiger partial charge in [0.1, 0.15) is 5.75 Å². The molecule has 2 N–H and O–H groups in total. The van der Waals surface area contributed by atoms with Crippen molar-refractivity contribution in [2.75, 3.05) is 40.2 Å². The molecule has 9 nitrogen and oxygen atoms in total. The molecule has 0 aromatic heterocycles. The number of methoxy groups -OCH3 is 1. The Morgan fingerprint density at radius 2 is 1.92 bits per heavy atom. The second-order valence-corrected chi connectivity index (χ2v) is 8.43. The second kappa shape index (κ2) is 8.02. The van der Waals surface area contributed by atoms with Crippen LogP contribution in [0.3, 0.4) is 0 Å². The monoisotopic (exact) mass is 386 g/mol. The number of amides is 1. The van der Waals surface area contributed by atoms with Gasteiger partial charge < -0.3 is 19.9 Å². The van der Waals surface area contributed by atoms with Gasteiger partial charge >= 0.3 is 5.97 Å². The van der Waals surface area contributed by atoms with E-state index in [0.29, 0.717) is 0 Å². The van der Waals surface area contributed by atoms with Crippen molar-refractivity contribution < 1.29 is 32.6 Å². The summed E-state index contributed by atoms with van der Waals surface area (Å²) in [5, 5.41) is 12.4. The molecule has 0 saturated carbocycles. The number of hydrogen-bond donors (Lipinski definition) is 2. The smallest absolute Gasteiger partial charge is 0.338 e. The first-order valence-electron chi connectivity index (χ1n) is 7.85. The molecule has 1 aliphatic heterocycles. The van der Waals surface area contributed by atoms with Crippen LogP contribution in [0.2, 0.25) is 0 Å². The van der Waals surface area contributed by atoms with E-state index < -0.39 is 33.9 Å². The van der Waals surface area contributed by atoms with Crippen LogP contribution < -0.4 is 5.32 Å².